The highest BCUT2D eigenvalue weighted by molar-refractivity contribution is 6.33. The number of rotatable bonds is 4. The first-order valence-electron chi connectivity index (χ1n) is 10.4. The molecule has 9 nitrogen and oxygen atoms in total. The van der Waals surface area contributed by atoms with E-state index in [-0.39, 0.29) is 39.5 Å². The molecule has 2 heterocycles. The number of phenolic OH excluding ortho intramolecular Hbond substituents is 2. The molecule has 9 heteroatoms. The van der Waals surface area contributed by atoms with E-state index in [1.807, 2.05) is 0 Å². The molecule has 1 aliphatic heterocycles. The number of aliphatic carboxylic acids is 1. The van der Waals surface area contributed by atoms with E-state index in [1.54, 1.807) is 26.0 Å². The summed E-state index contributed by atoms with van der Waals surface area (Å²) in [6, 6.07) is 4.51. The highest BCUT2D eigenvalue weighted by Crippen LogP contribution is 2.48. The van der Waals surface area contributed by atoms with Crippen molar-refractivity contribution in [1.29, 1.82) is 0 Å². The number of hydrogen-bond acceptors (Lipinski definition) is 8. The second-order valence-corrected chi connectivity index (χ2v) is 8.39. The summed E-state index contributed by atoms with van der Waals surface area (Å²) in [5.41, 5.74) is -3.20. The lowest BCUT2D eigenvalue weighted by Crippen LogP contribution is -2.24. The van der Waals surface area contributed by atoms with Crippen LogP contribution in [0.2, 0.25) is 0 Å². The molecule has 3 N–H and O–H groups in total. The molecule has 0 radical (unpaired) electrons. The molecule has 0 amide bonds. The Labute approximate surface area is 191 Å². The predicted molar refractivity (Wildman–Crippen MR) is 117 cm³/mol. The summed E-state index contributed by atoms with van der Waals surface area (Å²) in [6.45, 7) is 3.50. The normalized spacial score (nSPS) is 21.1. The molecule has 3 aromatic rings. The number of carboxylic acid groups (broad SMARTS) is 1. The summed E-state index contributed by atoms with van der Waals surface area (Å²) in [5.74, 6) is -3.83. The lowest BCUT2D eigenvalue weighted by Gasteiger charge is -2.21. The summed E-state index contributed by atoms with van der Waals surface area (Å²) in [5, 5.41) is 29.8. The van der Waals surface area contributed by atoms with Crippen LogP contribution in [0.5, 0.6) is 11.5 Å². The lowest BCUT2D eigenvalue weighted by molar-refractivity contribution is -0.136. The van der Waals surface area contributed by atoms with Crippen LogP contribution in [0.4, 0.5) is 0 Å². The van der Waals surface area contributed by atoms with Gasteiger partial charge in [-0.05, 0) is 37.6 Å². The number of aromatic hydroxyl groups is 2. The van der Waals surface area contributed by atoms with E-state index in [2.05, 4.69) is 0 Å². The van der Waals surface area contributed by atoms with Gasteiger partial charge >= 0.3 is 5.97 Å². The van der Waals surface area contributed by atoms with Gasteiger partial charge in [0.05, 0.1) is 28.5 Å². The van der Waals surface area contributed by atoms with Crippen LogP contribution in [-0.2, 0) is 21.6 Å². The maximum Gasteiger partial charge on any atom is 0.307 e. The number of ketones is 2. The Bertz CT molecular complexity index is 1540. The molecular formula is C25H18O9. The van der Waals surface area contributed by atoms with Gasteiger partial charge in [0.25, 0.3) is 0 Å². The maximum absolute atomic E-state index is 13.5. The van der Waals surface area contributed by atoms with E-state index in [0.717, 1.165) is 18.2 Å². The third-order valence-corrected chi connectivity index (χ3v) is 6.23. The zero-order valence-electron chi connectivity index (χ0n) is 18.0. The second-order valence-electron chi connectivity index (χ2n) is 8.39. The average molecular weight is 462 g/mol. The number of phenols is 2. The molecule has 5 rings (SSSR count). The minimum Gasteiger partial charge on any atom is -0.507 e. The molecule has 0 spiro atoms. The van der Waals surface area contributed by atoms with Gasteiger partial charge in [0.1, 0.15) is 28.9 Å². The molecule has 2 atom stereocenters. The van der Waals surface area contributed by atoms with Crippen molar-refractivity contribution in [2.45, 2.75) is 32.0 Å². The molecule has 1 saturated heterocycles. The van der Waals surface area contributed by atoms with Crippen molar-refractivity contribution in [3.63, 3.8) is 0 Å². The van der Waals surface area contributed by atoms with E-state index < -0.39 is 57.6 Å². The Morgan fingerprint density at radius 2 is 1.71 bits per heavy atom. The van der Waals surface area contributed by atoms with Crippen molar-refractivity contribution in [2.24, 2.45) is 0 Å². The molecule has 172 valence electrons. The minimum atomic E-state index is -1.26. The fourth-order valence-corrected chi connectivity index (χ4v) is 4.49. The van der Waals surface area contributed by atoms with Crippen molar-refractivity contribution >= 4 is 28.5 Å². The molecule has 1 aliphatic carbocycles. The average Bonchev–Trinajstić information content (AvgIpc) is 3.43. The first-order valence-corrected chi connectivity index (χ1v) is 10.4. The van der Waals surface area contributed by atoms with Crippen molar-refractivity contribution < 1.29 is 38.9 Å². The van der Waals surface area contributed by atoms with E-state index in [1.165, 1.54) is 6.07 Å². The molecular weight excluding hydrogens is 444 g/mol. The Kier molecular flexibility index (Phi) is 4.53. The van der Waals surface area contributed by atoms with Crippen LogP contribution in [0.3, 0.4) is 0 Å². The molecule has 0 unspecified atom stereocenters. The van der Waals surface area contributed by atoms with Crippen LogP contribution in [0.25, 0.3) is 11.0 Å². The van der Waals surface area contributed by atoms with Crippen LogP contribution in [0, 0.1) is 0 Å². The van der Waals surface area contributed by atoms with Gasteiger partial charge in [-0.3, -0.25) is 19.2 Å². The van der Waals surface area contributed by atoms with E-state index in [0.29, 0.717) is 0 Å². The van der Waals surface area contributed by atoms with Crippen molar-refractivity contribution in [2.75, 3.05) is 0 Å². The van der Waals surface area contributed by atoms with Gasteiger partial charge in [-0.1, -0.05) is 12.2 Å². The van der Waals surface area contributed by atoms with Gasteiger partial charge in [0.2, 0.25) is 5.78 Å². The fourth-order valence-electron chi connectivity index (χ4n) is 4.49. The Hall–Kier alpha value is -4.24. The number of carbonyl (C=O) groups excluding carboxylic acids is 2. The van der Waals surface area contributed by atoms with Crippen molar-refractivity contribution in [3.8, 4) is 11.5 Å². The lowest BCUT2D eigenvalue weighted by atomic mass is 9.80. The second kappa shape index (κ2) is 7.13. The first kappa shape index (κ1) is 21.6. The summed E-state index contributed by atoms with van der Waals surface area (Å²) in [7, 11) is 0. The molecule has 0 bridgehead atoms. The predicted octanol–water partition coefficient (Wildman–Crippen LogP) is 2.80. The first-order chi connectivity index (χ1) is 16.1. The van der Waals surface area contributed by atoms with Gasteiger partial charge in [-0.15, -0.1) is 0 Å². The number of ether oxygens (including phenoxy) is 1. The number of epoxide rings is 1. The van der Waals surface area contributed by atoms with Gasteiger partial charge in [0.15, 0.2) is 16.8 Å². The van der Waals surface area contributed by atoms with E-state index in [9.17, 15) is 34.5 Å². The number of benzene rings is 2. The summed E-state index contributed by atoms with van der Waals surface area (Å²) in [6.07, 6.45) is 2.56. The molecule has 2 aliphatic rings. The Balaban J connectivity index is 1.87. The molecule has 34 heavy (non-hydrogen) atoms. The number of fused-ring (bicyclic) bond motifs is 4. The largest absolute Gasteiger partial charge is 0.507 e. The quantitative estimate of drug-likeness (QED) is 0.236. The third-order valence-electron chi connectivity index (χ3n) is 6.23. The highest BCUT2D eigenvalue weighted by atomic mass is 16.6. The van der Waals surface area contributed by atoms with E-state index in [4.69, 9.17) is 9.15 Å². The van der Waals surface area contributed by atoms with Crippen molar-refractivity contribution in [3.05, 3.63) is 80.2 Å². The summed E-state index contributed by atoms with van der Waals surface area (Å²) < 4.78 is 11.7. The van der Waals surface area contributed by atoms with Crippen LogP contribution in [-0.4, -0.2) is 39.0 Å². The number of carbonyl (C=O) groups is 3. The van der Waals surface area contributed by atoms with Crippen LogP contribution < -0.4 is 5.43 Å². The highest BCUT2D eigenvalue weighted by Gasteiger charge is 2.55. The van der Waals surface area contributed by atoms with Crippen LogP contribution >= 0.6 is 0 Å². The molecule has 0 saturated carbocycles. The van der Waals surface area contributed by atoms with Gasteiger partial charge in [-0.2, -0.15) is 0 Å². The monoisotopic (exact) mass is 462 g/mol. The number of hydrogen-bond donors (Lipinski definition) is 3. The van der Waals surface area contributed by atoms with Gasteiger partial charge in [0, 0.05) is 11.6 Å². The zero-order valence-corrected chi connectivity index (χ0v) is 18.0. The Morgan fingerprint density at radius 1 is 1.06 bits per heavy atom. The number of allylic oxidation sites excluding steroid dienone is 1. The molecule has 1 fully saturated rings. The van der Waals surface area contributed by atoms with Gasteiger partial charge in [-0.25, -0.2) is 0 Å². The smallest absolute Gasteiger partial charge is 0.307 e. The summed E-state index contributed by atoms with van der Waals surface area (Å²) in [4.78, 5) is 51.5. The van der Waals surface area contributed by atoms with Crippen LogP contribution in [0.1, 0.15) is 57.0 Å². The molecule has 1 aromatic heterocycles. The van der Waals surface area contributed by atoms with Crippen molar-refractivity contribution in [1.82, 2.24) is 0 Å². The standard InChI is InChI=1S/C25H18O9/c1-3-4-15-25(2,34-15)16-9-14(28)18-10(8-17(29)30)7-11-19(24(18)33-16)23(32)21-13(27)6-5-12(26)20(21)22(11)31/h3-7,9,15,26-27H,8H2,1-2H3,(H,29,30)/b4-3-/t15-,25-/m1/s1. The van der Waals surface area contributed by atoms with Crippen LogP contribution in [0.15, 0.2) is 45.6 Å². The third kappa shape index (κ3) is 2.90. The minimum absolute atomic E-state index is 0.0161. The number of carboxylic acids is 1. The Morgan fingerprint density at radius 3 is 2.32 bits per heavy atom. The SMILES string of the molecule is C/C=C\[C@H]1O[C@@]1(C)c1cc(=O)c2c(CC(=O)O)cc3c(c2o1)C(=O)c1c(O)ccc(O)c1C3=O. The maximum atomic E-state index is 13.5. The van der Waals surface area contributed by atoms with E-state index >= 15 is 0 Å². The zero-order chi connectivity index (χ0) is 24.5. The topological polar surface area (TPSA) is 155 Å². The van der Waals surface area contributed by atoms with Gasteiger partial charge < -0.3 is 24.5 Å². The fraction of sp³-hybridized carbons (Fsp3) is 0.200. The summed E-state index contributed by atoms with van der Waals surface area (Å²) >= 11 is 0. The molecule has 2 aromatic carbocycles.